The minimum atomic E-state index is -0.166. The van der Waals surface area contributed by atoms with Crippen LogP contribution >= 0.6 is 0 Å². The molecule has 1 N–H and O–H groups in total. The van der Waals surface area contributed by atoms with E-state index in [9.17, 15) is 4.79 Å². The SMILES string of the molecule is CC.Cn1c(=O)[nH]c2ncncc21. The molecule has 0 saturated carbocycles. The summed E-state index contributed by atoms with van der Waals surface area (Å²) in [7, 11) is 1.67. The van der Waals surface area contributed by atoms with Gasteiger partial charge in [0.1, 0.15) is 11.8 Å². The van der Waals surface area contributed by atoms with Gasteiger partial charge in [0.05, 0.1) is 6.20 Å². The quantitative estimate of drug-likeness (QED) is 0.648. The fourth-order valence-corrected chi connectivity index (χ4v) is 0.959. The van der Waals surface area contributed by atoms with Crippen LogP contribution in [0, 0.1) is 0 Å². The van der Waals surface area contributed by atoms with Gasteiger partial charge in [-0.2, -0.15) is 0 Å². The van der Waals surface area contributed by atoms with E-state index in [2.05, 4.69) is 15.0 Å². The Kier molecular flexibility index (Phi) is 2.79. The maximum Gasteiger partial charge on any atom is 0.327 e. The van der Waals surface area contributed by atoms with Crippen molar-refractivity contribution in [2.75, 3.05) is 0 Å². The first-order valence-corrected chi connectivity index (χ1v) is 4.14. The molecule has 13 heavy (non-hydrogen) atoms. The summed E-state index contributed by atoms with van der Waals surface area (Å²) in [6.45, 7) is 4.00. The molecule has 0 bridgehead atoms. The zero-order valence-corrected chi connectivity index (χ0v) is 7.90. The Morgan fingerprint density at radius 1 is 1.46 bits per heavy atom. The van der Waals surface area contributed by atoms with Crippen molar-refractivity contribution in [3.63, 3.8) is 0 Å². The predicted octanol–water partition coefficient (Wildman–Crippen LogP) is 0.683. The zero-order valence-electron chi connectivity index (χ0n) is 7.90. The summed E-state index contributed by atoms with van der Waals surface area (Å²) in [6, 6.07) is 0. The van der Waals surface area contributed by atoms with Crippen molar-refractivity contribution >= 4 is 11.2 Å². The van der Waals surface area contributed by atoms with E-state index in [0.717, 1.165) is 5.52 Å². The highest BCUT2D eigenvalue weighted by Gasteiger charge is 2.01. The largest absolute Gasteiger partial charge is 0.327 e. The van der Waals surface area contributed by atoms with Gasteiger partial charge < -0.3 is 0 Å². The van der Waals surface area contributed by atoms with Crippen LogP contribution in [0.1, 0.15) is 13.8 Å². The van der Waals surface area contributed by atoms with E-state index in [1.165, 1.54) is 10.9 Å². The summed E-state index contributed by atoms with van der Waals surface area (Å²) in [5.74, 6) is 0. The number of hydrogen-bond acceptors (Lipinski definition) is 3. The van der Waals surface area contributed by atoms with Crippen LogP contribution < -0.4 is 5.69 Å². The molecule has 0 aromatic carbocycles. The van der Waals surface area contributed by atoms with Gasteiger partial charge in [-0.05, 0) is 0 Å². The Labute approximate surface area is 75.5 Å². The highest BCUT2D eigenvalue weighted by Crippen LogP contribution is 2.00. The number of fused-ring (bicyclic) bond motifs is 1. The van der Waals surface area contributed by atoms with Gasteiger partial charge in [0.15, 0.2) is 5.65 Å². The third kappa shape index (κ3) is 1.58. The summed E-state index contributed by atoms with van der Waals surface area (Å²) in [5.41, 5.74) is 1.13. The van der Waals surface area contributed by atoms with Crippen molar-refractivity contribution in [3.8, 4) is 0 Å². The number of aromatic amines is 1. The number of imidazole rings is 1. The van der Waals surface area contributed by atoms with Crippen molar-refractivity contribution in [2.45, 2.75) is 13.8 Å². The number of nitrogens with one attached hydrogen (secondary N) is 1. The van der Waals surface area contributed by atoms with E-state index in [0.29, 0.717) is 5.65 Å². The molecular formula is C8H12N4O. The molecule has 2 heterocycles. The number of hydrogen-bond donors (Lipinski definition) is 1. The van der Waals surface area contributed by atoms with Crippen molar-refractivity contribution in [1.29, 1.82) is 0 Å². The minimum Gasteiger partial charge on any atom is -0.292 e. The van der Waals surface area contributed by atoms with Crippen LogP contribution in [-0.2, 0) is 7.05 Å². The van der Waals surface area contributed by atoms with Gasteiger partial charge in [-0.15, -0.1) is 0 Å². The van der Waals surface area contributed by atoms with E-state index in [-0.39, 0.29) is 5.69 Å². The van der Waals surface area contributed by atoms with Crippen molar-refractivity contribution in [2.24, 2.45) is 7.05 Å². The third-order valence-corrected chi connectivity index (χ3v) is 1.58. The van der Waals surface area contributed by atoms with Gasteiger partial charge in [0.25, 0.3) is 0 Å². The number of aromatic nitrogens is 4. The van der Waals surface area contributed by atoms with Gasteiger partial charge in [-0.1, -0.05) is 13.8 Å². The van der Waals surface area contributed by atoms with Gasteiger partial charge in [-0.25, -0.2) is 14.8 Å². The fourth-order valence-electron chi connectivity index (χ4n) is 0.959. The summed E-state index contributed by atoms with van der Waals surface area (Å²) >= 11 is 0. The molecule has 0 unspecified atom stereocenters. The Balaban J connectivity index is 0.000000396. The molecule has 0 fully saturated rings. The maximum atomic E-state index is 11.0. The van der Waals surface area contributed by atoms with Gasteiger partial charge in [-0.3, -0.25) is 9.55 Å². The van der Waals surface area contributed by atoms with Crippen LogP contribution in [0.25, 0.3) is 11.2 Å². The lowest BCUT2D eigenvalue weighted by Crippen LogP contribution is -2.11. The highest BCUT2D eigenvalue weighted by molar-refractivity contribution is 5.68. The van der Waals surface area contributed by atoms with E-state index >= 15 is 0 Å². The molecule has 0 radical (unpaired) electrons. The summed E-state index contributed by atoms with van der Waals surface area (Å²) in [6.07, 6.45) is 3.00. The van der Waals surface area contributed by atoms with Crippen molar-refractivity contribution in [1.82, 2.24) is 19.5 Å². The van der Waals surface area contributed by atoms with Crippen LogP contribution in [0.4, 0.5) is 0 Å². The molecule has 0 amide bonds. The van der Waals surface area contributed by atoms with E-state index in [4.69, 9.17) is 0 Å². The smallest absolute Gasteiger partial charge is 0.292 e. The third-order valence-electron chi connectivity index (χ3n) is 1.58. The molecule has 5 nitrogen and oxygen atoms in total. The molecule has 5 heteroatoms. The molecule has 0 aliphatic heterocycles. The second kappa shape index (κ2) is 3.84. The van der Waals surface area contributed by atoms with Gasteiger partial charge >= 0.3 is 5.69 Å². The van der Waals surface area contributed by atoms with Gasteiger partial charge in [0, 0.05) is 7.05 Å². The van der Waals surface area contributed by atoms with E-state index in [1.807, 2.05) is 13.8 Å². The highest BCUT2D eigenvalue weighted by atomic mass is 16.1. The minimum absolute atomic E-state index is 0.166. The Morgan fingerprint density at radius 2 is 2.15 bits per heavy atom. The maximum absolute atomic E-state index is 11.0. The summed E-state index contributed by atoms with van der Waals surface area (Å²) in [5, 5.41) is 0. The van der Waals surface area contributed by atoms with E-state index < -0.39 is 0 Å². The first-order chi connectivity index (χ1) is 6.29. The summed E-state index contributed by atoms with van der Waals surface area (Å²) in [4.78, 5) is 21.2. The Bertz CT molecular complexity index is 443. The predicted molar refractivity (Wildman–Crippen MR) is 50.5 cm³/mol. The first-order valence-electron chi connectivity index (χ1n) is 4.14. The molecule has 70 valence electrons. The average Bonchev–Trinajstić information content (AvgIpc) is 2.47. The molecular weight excluding hydrogens is 168 g/mol. The van der Waals surface area contributed by atoms with Crippen LogP contribution in [0.3, 0.4) is 0 Å². The van der Waals surface area contributed by atoms with Crippen LogP contribution in [0.5, 0.6) is 0 Å². The number of nitrogens with zero attached hydrogens (tertiary/aromatic N) is 3. The normalized spacial score (nSPS) is 9.46. The Morgan fingerprint density at radius 3 is 2.77 bits per heavy atom. The van der Waals surface area contributed by atoms with E-state index in [1.54, 1.807) is 13.2 Å². The summed E-state index contributed by atoms with van der Waals surface area (Å²) < 4.78 is 1.47. The fraction of sp³-hybridized carbons (Fsp3) is 0.375. The van der Waals surface area contributed by atoms with Crippen LogP contribution in [-0.4, -0.2) is 19.5 Å². The van der Waals surface area contributed by atoms with Crippen molar-refractivity contribution in [3.05, 3.63) is 23.0 Å². The lowest BCUT2D eigenvalue weighted by Gasteiger charge is -1.88. The molecule has 0 saturated heterocycles. The second-order valence-corrected chi connectivity index (χ2v) is 2.25. The molecule has 0 spiro atoms. The lowest BCUT2D eigenvalue weighted by atomic mass is 10.5. The van der Waals surface area contributed by atoms with Crippen LogP contribution in [0.15, 0.2) is 17.3 Å². The first kappa shape index (κ1) is 9.44. The molecule has 0 aliphatic rings. The Hall–Kier alpha value is -1.65. The number of aryl methyl sites for hydroxylation is 1. The second-order valence-electron chi connectivity index (χ2n) is 2.25. The molecule has 0 atom stereocenters. The van der Waals surface area contributed by atoms with Crippen molar-refractivity contribution < 1.29 is 0 Å². The molecule has 2 aromatic heterocycles. The molecule has 0 aliphatic carbocycles. The van der Waals surface area contributed by atoms with Gasteiger partial charge in [0.2, 0.25) is 0 Å². The zero-order chi connectivity index (χ0) is 9.84. The molecule has 2 aromatic rings. The number of rotatable bonds is 0. The van der Waals surface area contributed by atoms with Crippen LogP contribution in [0.2, 0.25) is 0 Å². The monoisotopic (exact) mass is 180 g/mol. The number of H-pyrrole nitrogens is 1. The topological polar surface area (TPSA) is 63.6 Å². The average molecular weight is 180 g/mol. The molecule has 2 rings (SSSR count). The standard InChI is InChI=1S/C6H6N4O.C2H6/c1-10-4-2-7-3-8-5(4)9-6(10)11;1-2/h2-3H,1H3,(H,7,8,9,11);1-2H3. The lowest BCUT2D eigenvalue weighted by molar-refractivity contribution is 0.890.